The average molecular weight is 243 g/mol. The predicted molar refractivity (Wildman–Crippen MR) is 48.6 cm³/mol. The van der Waals surface area contributed by atoms with Crippen LogP contribution in [0.15, 0.2) is 4.21 Å². The van der Waals surface area contributed by atoms with Crippen LogP contribution in [0, 0.1) is 6.92 Å². The van der Waals surface area contributed by atoms with Gasteiger partial charge >= 0.3 is 0 Å². The second kappa shape index (κ2) is 3.50. The topological polar surface area (TPSA) is 70.5 Å². The van der Waals surface area contributed by atoms with Crippen LogP contribution in [-0.2, 0) is 10.0 Å². The molecule has 0 saturated carbocycles. The molecule has 0 aromatic carbocycles. The van der Waals surface area contributed by atoms with Crippen LogP contribution in [0.5, 0.6) is 0 Å². The minimum absolute atomic E-state index is 0.0394. The number of rotatable bonds is 2. The van der Waals surface area contributed by atoms with Gasteiger partial charge in [0.05, 0.1) is 5.69 Å². The molecule has 0 saturated heterocycles. The van der Waals surface area contributed by atoms with Crippen LogP contribution in [-0.4, -0.2) is 30.1 Å². The Hall–Kier alpha value is -0.210. The number of sulfonamides is 1. The first kappa shape index (κ1) is 10.9. The minimum atomic E-state index is -3.83. The van der Waals surface area contributed by atoms with E-state index >= 15 is 0 Å². The lowest BCUT2D eigenvalue weighted by molar-refractivity contribution is 0.0312. The van der Waals surface area contributed by atoms with Gasteiger partial charge in [-0.25, -0.2) is 13.4 Å². The molecule has 0 aliphatic carbocycles. The molecule has 0 aliphatic heterocycles. The highest BCUT2D eigenvalue weighted by Gasteiger charge is 2.24. The summed E-state index contributed by atoms with van der Waals surface area (Å²) in [4.78, 5) is 3.73. The molecule has 1 N–H and O–H groups in total. The van der Waals surface area contributed by atoms with Crippen molar-refractivity contribution in [3.8, 4) is 0 Å². The summed E-state index contributed by atoms with van der Waals surface area (Å²) in [5.41, 5.74) is 0.288. The van der Waals surface area contributed by atoms with E-state index in [4.69, 9.17) is 16.8 Å². The van der Waals surface area contributed by atoms with Crippen LogP contribution in [0.3, 0.4) is 0 Å². The van der Waals surface area contributed by atoms with Crippen molar-refractivity contribution in [3.63, 3.8) is 0 Å². The van der Waals surface area contributed by atoms with Crippen LogP contribution in [0.2, 0.25) is 4.47 Å². The van der Waals surface area contributed by atoms with E-state index < -0.39 is 10.0 Å². The summed E-state index contributed by atoms with van der Waals surface area (Å²) < 4.78 is 22.9. The van der Waals surface area contributed by atoms with Gasteiger partial charge in [0.15, 0.2) is 8.68 Å². The molecule has 1 heterocycles. The van der Waals surface area contributed by atoms with Crippen LogP contribution < -0.4 is 0 Å². The molecule has 8 heteroatoms. The lowest BCUT2D eigenvalue weighted by Crippen LogP contribution is -2.22. The molecule has 0 unspecified atom stereocenters. The van der Waals surface area contributed by atoms with Gasteiger partial charge < -0.3 is 0 Å². The molecule has 1 aromatic heterocycles. The predicted octanol–water partition coefficient (Wildman–Crippen LogP) is 1.11. The van der Waals surface area contributed by atoms with E-state index in [0.717, 1.165) is 18.4 Å². The summed E-state index contributed by atoms with van der Waals surface area (Å²) in [5, 5.41) is 8.85. The highest BCUT2D eigenvalue weighted by Crippen LogP contribution is 2.27. The number of thiazole rings is 1. The van der Waals surface area contributed by atoms with E-state index in [1.54, 1.807) is 0 Å². The number of halogens is 1. The van der Waals surface area contributed by atoms with E-state index in [0.29, 0.717) is 0 Å². The number of nitrogens with zero attached hydrogens (tertiary/aromatic N) is 2. The van der Waals surface area contributed by atoms with Gasteiger partial charge in [-0.2, -0.15) is 0 Å². The molecule has 0 fully saturated rings. The third-order valence-corrected chi connectivity index (χ3v) is 4.71. The monoisotopic (exact) mass is 242 g/mol. The van der Waals surface area contributed by atoms with Crippen molar-refractivity contribution >= 4 is 33.0 Å². The van der Waals surface area contributed by atoms with E-state index in [2.05, 4.69) is 4.98 Å². The van der Waals surface area contributed by atoms with Crippen LogP contribution >= 0.6 is 22.9 Å². The maximum atomic E-state index is 11.4. The highest BCUT2D eigenvalue weighted by atomic mass is 35.5. The Kier molecular flexibility index (Phi) is 2.93. The Morgan fingerprint density at radius 2 is 2.15 bits per heavy atom. The van der Waals surface area contributed by atoms with E-state index in [1.165, 1.54) is 6.92 Å². The van der Waals surface area contributed by atoms with Crippen molar-refractivity contribution in [2.75, 3.05) is 7.05 Å². The summed E-state index contributed by atoms with van der Waals surface area (Å²) >= 11 is 6.33. The van der Waals surface area contributed by atoms with E-state index in [-0.39, 0.29) is 18.8 Å². The summed E-state index contributed by atoms with van der Waals surface area (Å²) in [6.07, 6.45) is 0. The zero-order valence-corrected chi connectivity index (χ0v) is 9.24. The average Bonchev–Trinajstić information content (AvgIpc) is 2.30. The van der Waals surface area contributed by atoms with Gasteiger partial charge in [-0.3, -0.25) is 5.21 Å². The van der Waals surface area contributed by atoms with Crippen LogP contribution in [0.4, 0.5) is 0 Å². The van der Waals surface area contributed by atoms with Gasteiger partial charge in [0.1, 0.15) is 0 Å². The maximum absolute atomic E-state index is 11.4. The molecule has 0 atom stereocenters. The summed E-state index contributed by atoms with van der Waals surface area (Å²) in [6, 6.07) is 0. The van der Waals surface area contributed by atoms with Gasteiger partial charge in [0.2, 0.25) is 0 Å². The fourth-order valence-corrected chi connectivity index (χ4v) is 3.37. The van der Waals surface area contributed by atoms with E-state index in [9.17, 15) is 8.42 Å². The van der Waals surface area contributed by atoms with Gasteiger partial charge in [-0.1, -0.05) is 27.4 Å². The quantitative estimate of drug-likeness (QED) is 0.789. The number of aryl methyl sites for hydroxylation is 1. The third kappa shape index (κ3) is 2.00. The molecule has 0 spiro atoms. The number of hydrogen-bond acceptors (Lipinski definition) is 5. The molecular formula is C5H7ClN2O3S2. The molecule has 1 aromatic rings. The Morgan fingerprint density at radius 1 is 1.62 bits per heavy atom. The first-order valence-corrected chi connectivity index (χ1v) is 5.80. The molecule has 1 rings (SSSR count). The Balaban J connectivity index is 3.31. The van der Waals surface area contributed by atoms with Gasteiger partial charge in [0.25, 0.3) is 10.0 Å². The molecule has 5 nitrogen and oxygen atoms in total. The molecule has 0 bridgehead atoms. The van der Waals surface area contributed by atoms with Crippen LogP contribution in [0.25, 0.3) is 0 Å². The largest absolute Gasteiger partial charge is 0.299 e. The zero-order valence-electron chi connectivity index (χ0n) is 6.85. The molecule has 74 valence electrons. The van der Waals surface area contributed by atoms with Crippen molar-refractivity contribution in [1.29, 1.82) is 0 Å². The summed E-state index contributed by atoms with van der Waals surface area (Å²) in [6.45, 7) is 1.51. The summed E-state index contributed by atoms with van der Waals surface area (Å²) in [5.74, 6) is 0. The first-order valence-electron chi connectivity index (χ1n) is 3.16. The Labute approximate surface area is 84.6 Å². The minimum Gasteiger partial charge on any atom is -0.299 e. The van der Waals surface area contributed by atoms with Crippen molar-refractivity contribution in [3.05, 3.63) is 10.2 Å². The maximum Gasteiger partial charge on any atom is 0.275 e. The number of hydrogen-bond donors (Lipinski definition) is 1. The van der Waals surface area contributed by atoms with E-state index in [1.807, 2.05) is 0 Å². The standard InChI is InChI=1S/C5H7ClN2O3S2/c1-3-4(12-5(6)7-3)13(10,11)8(2)9/h9H,1-2H3. The molecule has 0 aliphatic rings. The molecule has 13 heavy (non-hydrogen) atoms. The van der Waals surface area contributed by atoms with Crippen molar-refractivity contribution in [2.45, 2.75) is 11.1 Å². The lowest BCUT2D eigenvalue weighted by Gasteiger charge is -2.06. The van der Waals surface area contributed by atoms with Gasteiger partial charge in [0, 0.05) is 7.05 Å². The number of aromatic nitrogens is 1. The number of hydroxylamine groups is 1. The zero-order chi connectivity index (χ0) is 10.2. The third-order valence-electron chi connectivity index (χ3n) is 1.31. The van der Waals surface area contributed by atoms with Crippen LogP contribution in [0.1, 0.15) is 5.69 Å². The smallest absolute Gasteiger partial charge is 0.275 e. The lowest BCUT2D eigenvalue weighted by atomic mass is 10.6. The van der Waals surface area contributed by atoms with Gasteiger partial charge in [-0.05, 0) is 6.92 Å². The SMILES string of the molecule is Cc1nc(Cl)sc1S(=O)(=O)N(C)O. The second-order valence-corrected chi connectivity index (χ2v) is 6.01. The Bertz CT molecular complexity index is 411. The van der Waals surface area contributed by atoms with Crippen molar-refractivity contribution in [2.24, 2.45) is 0 Å². The molecule has 0 amide bonds. The Morgan fingerprint density at radius 3 is 2.46 bits per heavy atom. The molecule has 0 radical (unpaired) electrons. The fraction of sp³-hybridized carbons (Fsp3) is 0.400. The molecular weight excluding hydrogens is 236 g/mol. The summed E-state index contributed by atoms with van der Waals surface area (Å²) in [7, 11) is -2.80. The van der Waals surface area contributed by atoms with Crippen molar-refractivity contribution < 1.29 is 13.6 Å². The normalized spacial score (nSPS) is 12.4. The fourth-order valence-electron chi connectivity index (χ4n) is 0.710. The second-order valence-electron chi connectivity index (χ2n) is 2.28. The van der Waals surface area contributed by atoms with Crippen molar-refractivity contribution in [1.82, 2.24) is 9.45 Å². The highest BCUT2D eigenvalue weighted by molar-refractivity contribution is 7.91. The van der Waals surface area contributed by atoms with Gasteiger partial charge in [-0.15, -0.1) is 0 Å². The first-order chi connectivity index (χ1) is 5.85.